The summed E-state index contributed by atoms with van der Waals surface area (Å²) in [6.07, 6.45) is 7.50. The van der Waals surface area contributed by atoms with Gasteiger partial charge in [0.05, 0.1) is 0 Å². The van der Waals surface area contributed by atoms with Gasteiger partial charge in [0.15, 0.2) is 0 Å². The molecule has 0 radical (unpaired) electrons. The smallest absolute Gasteiger partial charge is 0.222 e. The summed E-state index contributed by atoms with van der Waals surface area (Å²) in [6, 6.07) is 0. The monoisotopic (exact) mass is 358 g/mol. The van der Waals surface area contributed by atoms with Crippen LogP contribution in [0.15, 0.2) is 0 Å². The summed E-state index contributed by atoms with van der Waals surface area (Å²) in [5, 5.41) is 11.2. The molecule has 1 aromatic rings. The van der Waals surface area contributed by atoms with Crippen LogP contribution in [0.5, 0.6) is 0 Å². The first-order chi connectivity index (χ1) is 12.2. The number of amides is 1. The summed E-state index contributed by atoms with van der Waals surface area (Å²) in [6.45, 7) is 4.05. The number of aromatic nitrogens is 2. The fourth-order valence-electron chi connectivity index (χ4n) is 5.63. The topological polar surface area (TPSA) is 49.3 Å². The van der Waals surface area contributed by atoms with Gasteiger partial charge >= 0.3 is 0 Å². The Morgan fingerprint density at radius 3 is 2.44 bits per heavy atom. The van der Waals surface area contributed by atoms with Crippen LogP contribution in [-0.2, 0) is 4.79 Å². The highest BCUT2D eigenvalue weighted by Gasteiger charge is 2.49. The van der Waals surface area contributed by atoms with E-state index in [9.17, 15) is 4.79 Å². The zero-order chi connectivity index (χ0) is 16.5. The Morgan fingerprint density at radius 2 is 1.80 bits per heavy atom. The average molecular weight is 359 g/mol. The van der Waals surface area contributed by atoms with Crippen molar-refractivity contribution in [3.8, 4) is 0 Å². The van der Waals surface area contributed by atoms with E-state index in [1.165, 1.54) is 37.1 Å². The van der Waals surface area contributed by atoms with E-state index >= 15 is 0 Å². The van der Waals surface area contributed by atoms with Crippen molar-refractivity contribution in [2.45, 2.75) is 44.4 Å². The molecule has 0 aromatic carbocycles. The largest absolute Gasteiger partial charge is 0.346 e. The van der Waals surface area contributed by atoms with Crippen molar-refractivity contribution in [3.05, 3.63) is 5.01 Å². The molecule has 1 aromatic heterocycles. The maximum absolute atomic E-state index is 12.7. The number of nitrogens with zero attached hydrogens (tertiary/aromatic N) is 4. The SMILES string of the molecule is O=C(CC1CCC2CC12)N1C[C@@H]2CN(c3nnc(C4CC4)s3)C[C@@H]2C1. The van der Waals surface area contributed by atoms with Crippen molar-refractivity contribution in [2.75, 3.05) is 31.1 Å². The normalized spacial score (nSPS) is 39.0. The Hall–Kier alpha value is -1.17. The minimum Gasteiger partial charge on any atom is -0.346 e. The molecule has 6 rings (SSSR count). The van der Waals surface area contributed by atoms with E-state index in [0.29, 0.717) is 29.6 Å². The Kier molecular flexibility index (Phi) is 3.24. The molecule has 0 spiro atoms. The molecule has 3 unspecified atom stereocenters. The summed E-state index contributed by atoms with van der Waals surface area (Å²) in [5.41, 5.74) is 0. The zero-order valence-electron chi connectivity index (χ0n) is 14.6. The second-order valence-electron chi connectivity index (χ2n) is 9.12. The van der Waals surface area contributed by atoms with Crippen LogP contribution in [0.4, 0.5) is 5.13 Å². The maximum atomic E-state index is 12.7. The van der Waals surface area contributed by atoms with Crippen LogP contribution in [0.1, 0.15) is 49.5 Å². The predicted molar refractivity (Wildman–Crippen MR) is 96.6 cm³/mol. The number of likely N-dealkylation sites (tertiary alicyclic amines) is 1. The number of fused-ring (bicyclic) bond motifs is 2. The fourth-order valence-corrected chi connectivity index (χ4v) is 6.66. The number of carbonyl (C=O) groups is 1. The molecule has 3 saturated carbocycles. The molecular formula is C19H26N4OS. The lowest BCUT2D eigenvalue weighted by molar-refractivity contribution is -0.131. The molecule has 0 bridgehead atoms. The highest BCUT2D eigenvalue weighted by molar-refractivity contribution is 7.15. The van der Waals surface area contributed by atoms with Crippen molar-refractivity contribution in [3.63, 3.8) is 0 Å². The van der Waals surface area contributed by atoms with E-state index in [4.69, 9.17) is 0 Å². The van der Waals surface area contributed by atoms with Crippen molar-refractivity contribution >= 4 is 22.4 Å². The van der Waals surface area contributed by atoms with Gasteiger partial charge in [0.2, 0.25) is 11.0 Å². The third-order valence-electron chi connectivity index (χ3n) is 7.39. The third kappa shape index (κ3) is 2.59. The molecule has 5 aliphatic rings. The summed E-state index contributed by atoms with van der Waals surface area (Å²) in [4.78, 5) is 17.3. The molecule has 1 amide bonds. The first-order valence-corrected chi connectivity index (χ1v) is 10.9. The van der Waals surface area contributed by atoms with Crippen molar-refractivity contribution < 1.29 is 4.79 Å². The average Bonchev–Trinajstić information content (AvgIpc) is 3.37. The van der Waals surface area contributed by atoms with Crippen LogP contribution < -0.4 is 4.90 Å². The second-order valence-corrected chi connectivity index (χ2v) is 10.1. The van der Waals surface area contributed by atoms with Crippen molar-refractivity contribution in [1.82, 2.24) is 15.1 Å². The van der Waals surface area contributed by atoms with Gasteiger partial charge in [-0.05, 0) is 49.9 Å². The number of hydrogen-bond donors (Lipinski definition) is 0. The van der Waals surface area contributed by atoms with Crippen LogP contribution in [-0.4, -0.2) is 47.2 Å². The molecule has 0 N–H and O–H groups in total. The van der Waals surface area contributed by atoms with E-state index < -0.39 is 0 Å². The summed E-state index contributed by atoms with van der Waals surface area (Å²) < 4.78 is 0. The summed E-state index contributed by atoms with van der Waals surface area (Å²) >= 11 is 1.80. The van der Waals surface area contributed by atoms with Gasteiger partial charge in [-0.1, -0.05) is 11.3 Å². The Balaban J connectivity index is 1.06. The Morgan fingerprint density at radius 1 is 1.00 bits per heavy atom. The van der Waals surface area contributed by atoms with Gasteiger partial charge < -0.3 is 9.80 Å². The minimum absolute atomic E-state index is 0.436. The quantitative estimate of drug-likeness (QED) is 0.830. The number of rotatable bonds is 4. The van der Waals surface area contributed by atoms with Crippen LogP contribution in [0.2, 0.25) is 0 Å². The molecule has 6 heteroatoms. The van der Waals surface area contributed by atoms with Crippen LogP contribution in [0.3, 0.4) is 0 Å². The van der Waals surface area contributed by atoms with Gasteiger partial charge in [0.1, 0.15) is 5.01 Å². The van der Waals surface area contributed by atoms with Gasteiger partial charge in [-0.3, -0.25) is 4.79 Å². The molecule has 3 heterocycles. The van der Waals surface area contributed by atoms with E-state index in [-0.39, 0.29) is 0 Å². The Labute approximate surface area is 152 Å². The van der Waals surface area contributed by atoms with Crippen LogP contribution in [0, 0.1) is 29.6 Å². The third-order valence-corrected chi connectivity index (χ3v) is 8.54. The lowest BCUT2D eigenvalue weighted by atomic mass is 9.99. The lowest BCUT2D eigenvalue weighted by Gasteiger charge is -2.22. The first kappa shape index (κ1) is 14.9. The Bertz CT molecular complexity index is 687. The maximum Gasteiger partial charge on any atom is 0.222 e. The van der Waals surface area contributed by atoms with Gasteiger partial charge in [-0.2, -0.15) is 0 Å². The lowest BCUT2D eigenvalue weighted by Crippen LogP contribution is -2.34. The van der Waals surface area contributed by atoms with E-state index in [1.807, 2.05) is 0 Å². The minimum atomic E-state index is 0.436. The van der Waals surface area contributed by atoms with Crippen LogP contribution in [0.25, 0.3) is 0 Å². The second kappa shape index (κ2) is 5.41. The van der Waals surface area contributed by atoms with Gasteiger partial charge in [0, 0.05) is 50.4 Å². The summed E-state index contributed by atoms with van der Waals surface area (Å²) in [7, 11) is 0. The standard InChI is InChI=1S/C19H26N4OS/c24-17(6-13-4-3-12-5-16(12)13)22-7-14-9-23(10-15(14)8-22)19-21-20-18(25-19)11-1-2-11/h11-16H,1-10H2/t12?,13?,14-,15+,16?. The number of carbonyl (C=O) groups excluding carboxylic acids is 1. The molecule has 134 valence electrons. The molecule has 3 aliphatic carbocycles. The van der Waals surface area contributed by atoms with E-state index in [2.05, 4.69) is 20.0 Å². The molecule has 5 atom stereocenters. The molecule has 2 saturated heterocycles. The fraction of sp³-hybridized carbons (Fsp3) is 0.842. The van der Waals surface area contributed by atoms with Crippen molar-refractivity contribution in [2.24, 2.45) is 29.6 Å². The molecule has 5 fully saturated rings. The van der Waals surface area contributed by atoms with Gasteiger partial charge in [0.25, 0.3) is 0 Å². The van der Waals surface area contributed by atoms with Crippen LogP contribution >= 0.6 is 11.3 Å². The van der Waals surface area contributed by atoms with Gasteiger partial charge in [-0.15, -0.1) is 10.2 Å². The zero-order valence-corrected chi connectivity index (χ0v) is 15.5. The first-order valence-electron chi connectivity index (χ1n) is 10.1. The van der Waals surface area contributed by atoms with Gasteiger partial charge in [-0.25, -0.2) is 0 Å². The highest BCUT2D eigenvalue weighted by atomic mass is 32.1. The number of anilines is 1. The van der Waals surface area contributed by atoms with Crippen molar-refractivity contribution in [1.29, 1.82) is 0 Å². The van der Waals surface area contributed by atoms with E-state index in [0.717, 1.165) is 49.6 Å². The van der Waals surface area contributed by atoms with E-state index in [1.54, 1.807) is 11.3 Å². The number of hydrogen-bond acceptors (Lipinski definition) is 5. The molecule has 2 aliphatic heterocycles. The predicted octanol–water partition coefficient (Wildman–Crippen LogP) is 2.75. The highest BCUT2D eigenvalue weighted by Crippen LogP contribution is 2.56. The summed E-state index contributed by atoms with van der Waals surface area (Å²) in [5.74, 6) is 4.99. The molecular weight excluding hydrogens is 332 g/mol. The molecule has 25 heavy (non-hydrogen) atoms. The molecule has 5 nitrogen and oxygen atoms in total.